The number of nitrogens with one attached hydrogen (secondary N) is 2. The number of carbonyl (C=O) groups excluding carboxylic acids is 2. The van der Waals surface area contributed by atoms with Crippen molar-refractivity contribution in [2.45, 2.75) is 39.2 Å². The first-order valence-electron chi connectivity index (χ1n) is 17.6. The third-order valence-corrected chi connectivity index (χ3v) is 9.10. The number of rotatable bonds is 14. The van der Waals surface area contributed by atoms with Crippen molar-refractivity contribution in [1.82, 2.24) is 15.3 Å². The van der Waals surface area contributed by atoms with E-state index in [1.54, 1.807) is 18.2 Å². The normalized spacial score (nSPS) is 13.8. The standard InChI is InChI=1S/C42H43N5O5/c1-4-47(5-2)33-22-23-34(36(48)26-33)41-44-39(40(45-41)32-20-18-30(19-21-32)35-27-37(52-46-35)42(50)51-3)31-16-13-29(14-17-31)15-24-38(49)43-25-9-12-28-10-7-6-8-11-28/h6-8,10-11,13-24,26,37,48H,4-5,9,12,25,27H2,1-3H3,(H,43,49)(H,44,45)/b24-15+. The van der Waals surface area contributed by atoms with Crippen molar-refractivity contribution >= 4 is 29.4 Å². The molecule has 0 saturated carbocycles. The van der Waals surface area contributed by atoms with Crippen LogP contribution in [-0.2, 0) is 25.6 Å². The fourth-order valence-corrected chi connectivity index (χ4v) is 6.19. The number of carbonyl (C=O) groups is 2. The predicted octanol–water partition coefficient (Wildman–Crippen LogP) is 7.39. The second-order valence-corrected chi connectivity index (χ2v) is 12.5. The number of benzene rings is 4. The summed E-state index contributed by atoms with van der Waals surface area (Å²) in [4.78, 5) is 40.3. The molecule has 6 rings (SSSR count). The first-order chi connectivity index (χ1) is 25.4. The van der Waals surface area contributed by atoms with Gasteiger partial charge in [0.15, 0.2) is 0 Å². The lowest BCUT2D eigenvalue weighted by Crippen LogP contribution is -2.22. The molecule has 2 heterocycles. The van der Waals surface area contributed by atoms with Crippen LogP contribution in [0.4, 0.5) is 5.69 Å². The van der Waals surface area contributed by atoms with Gasteiger partial charge in [-0.1, -0.05) is 84.0 Å². The van der Waals surface area contributed by atoms with Crippen LogP contribution in [-0.4, -0.2) is 65.5 Å². The lowest BCUT2D eigenvalue weighted by atomic mass is 10.00. The van der Waals surface area contributed by atoms with Crippen LogP contribution in [0.25, 0.3) is 40.0 Å². The molecule has 10 heteroatoms. The summed E-state index contributed by atoms with van der Waals surface area (Å²) in [6, 6.07) is 31.5. The van der Waals surface area contributed by atoms with Crippen LogP contribution in [0.1, 0.15) is 43.4 Å². The maximum Gasteiger partial charge on any atom is 0.350 e. The molecule has 4 aromatic carbocycles. The molecule has 0 spiro atoms. The van der Waals surface area contributed by atoms with Gasteiger partial charge < -0.3 is 29.9 Å². The highest BCUT2D eigenvalue weighted by molar-refractivity contribution is 6.04. The number of amides is 1. The van der Waals surface area contributed by atoms with Crippen molar-refractivity contribution in [1.29, 1.82) is 0 Å². The van der Waals surface area contributed by atoms with Crippen LogP contribution in [0.15, 0.2) is 108 Å². The third kappa shape index (κ3) is 8.40. The summed E-state index contributed by atoms with van der Waals surface area (Å²) in [5, 5.41) is 18.2. The number of phenols is 1. The van der Waals surface area contributed by atoms with Gasteiger partial charge in [-0.25, -0.2) is 9.78 Å². The average molecular weight is 698 g/mol. The summed E-state index contributed by atoms with van der Waals surface area (Å²) in [6.45, 7) is 6.42. The number of nitrogens with zero attached hydrogens (tertiary/aromatic N) is 3. The Labute approximate surface area is 303 Å². The van der Waals surface area contributed by atoms with E-state index in [4.69, 9.17) is 14.6 Å². The van der Waals surface area contributed by atoms with Crippen molar-refractivity contribution in [3.63, 3.8) is 0 Å². The Morgan fingerprint density at radius 1 is 0.962 bits per heavy atom. The quantitative estimate of drug-likeness (QED) is 0.0627. The molecule has 0 aliphatic carbocycles. The van der Waals surface area contributed by atoms with Crippen LogP contribution in [0.2, 0.25) is 0 Å². The summed E-state index contributed by atoms with van der Waals surface area (Å²) in [5.41, 5.74) is 8.34. The molecule has 0 radical (unpaired) electrons. The number of methoxy groups -OCH3 is 1. The second-order valence-electron chi connectivity index (χ2n) is 12.5. The highest BCUT2D eigenvalue weighted by atomic mass is 16.7. The topological polar surface area (TPSA) is 129 Å². The van der Waals surface area contributed by atoms with Crippen LogP contribution >= 0.6 is 0 Å². The minimum Gasteiger partial charge on any atom is -0.507 e. The molecule has 10 nitrogen and oxygen atoms in total. The molecule has 52 heavy (non-hydrogen) atoms. The number of hydrogen-bond acceptors (Lipinski definition) is 8. The number of aryl methyl sites for hydroxylation is 1. The minimum atomic E-state index is -0.752. The summed E-state index contributed by atoms with van der Waals surface area (Å²) in [7, 11) is 1.33. The molecule has 0 saturated heterocycles. The highest BCUT2D eigenvalue weighted by Gasteiger charge is 2.29. The summed E-state index contributed by atoms with van der Waals surface area (Å²) in [5.74, 6) is 0.0606. The number of imidazole rings is 1. The largest absolute Gasteiger partial charge is 0.507 e. The lowest BCUT2D eigenvalue weighted by Gasteiger charge is -2.21. The molecule has 0 bridgehead atoms. The number of aromatic hydroxyl groups is 1. The number of phenolic OH excluding ortho intramolecular Hbond substituents is 1. The van der Waals surface area contributed by atoms with E-state index < -0.39 is 12.1 Å². The van der Waals surface area contributed by atoms with Crippen molar-refractivity contribution in [3.05, 3.63) is 120 Å². The SMILES string of the molecule is CCN(CC)c1ccc(-c2nc(-c3ccc(C4=NOC(C(=O)OC)C4)cc3)c(-c3ccc(/C=C/C(=O)NCCCc4ccccc4)cc3)[nH]2)c(O)c1. The van der Waals surface area contributed by atoms with Crippen LogP contribution in [0, 0.1) is 0 Å². The zero-order valence-electron chi connectivity index (χ0n) is 29.6. The smallest absolute Gasteiger partial charge is 0.350 e. The molecule has 1 amide bonds. The Morgan fingerprint density at radius 2 is 1.67 bits per heavy atom. The van der Waals surface area contributed by atoms with Crippen LogP contribution < -0.4 is 10.2 Å². The number of H-pyrrole nitrogens is 1. The molecule has 1 unspecified atom stereocenters. The molecule has 1 aromatic heterocycles. The average Bonchev–Trinajstić information content (AvgIpc) is 3.86. The fraction of sp³-hybridized carbons (Fsp3) is 0.238. The molecule has 1 atom stereocenters. The number of aromatic nitrogens is 2. The molecule has 3 N–H and O–H groups in total. The Morgan fingerprint density at radius 3 is 2.37 bits per heavy atom. The van der Waals surface area contributed by atoms with Gasteiger partial charge in [0.25, 0.3) is 0 Å². The first kappa shape index (κ1) is 35.7. The Kier molecular flexibility index (Phi) is 11.5. The van der Waals surface area contributed by atoms with E-state index in [1.807, 2.05) is 78.9 Å². The van der Waals surface area contributed by atoms with Gasteiger partial charge in [-0.05, 0) is 61.6 Å². The van der Waals surface area contributed by atoms with Gasteiger partial charge in [0.2, 0.25) is 12.0 Å². The molecular formula is C42H43N5O5. The summed E-state index contributed by atoms with van der Waals surface area (Å²) in [6.07, 6.45) is 4.70. The van der Waals surface area contributed by atoms with Gasteiger partial charge in [-0.2, -0.15) is 0 Å². The van der Waals surface area contributed by atoms with E-state index in [9.17, 15) is 14.7 Å². The molecular weight excluding hydrogens is 654 g/mol. The number of ether oxygens (including phenoxy) is 1. The number of anilines is 1. The van der Waals surface area contributed by atoms with E-state index in [0.29, 0.717) is 35.8 Å². The molecule has 5 aromatic rings. The first-order valence-corrected chi connectivity index (χ1v) is 17.6. The van der Waals surface area contributed by atoms with Gasteiger partial charge in [-0.3, -0.25) is 4.79 Å². The minimum absolute atomic E-state index is 0.129. The van der Waals surface area contributed by atoms with Gasteiger partial charge in [0, 0.05) is 55.0 Å². The lowest BCUT2D eigenvalue weighted by molar-refractivity contribution is -0.152. The third-order valence-electron chi connectivity index (χ3n) is 9.10. The fourth-order valence-electron chi connectivity index (χ4n) is 6.19. The van der Waals surface area contributed by atoms with Crippen molar-refractivity contribution < 1.29 is 24.3 Å². The van der Waals surface area contributed by atoms with E-state index in [2.05, 4.69) is 46.3 Å². The summed E-state index contributed by atoms with van der Waals surface area (Å²) >= 11 is 0. The monoisotopic (exact) mass is 697 g/mol. The summed E-state index contributed by atoms with van der Waals surface area (Å²) < 4.78 is 4.80. The molecule has 266 valence electrons. The van der Waals surface area contributed by atoms with E-state index in [-0.39, 0.29) is 11.7 Å². The maximum absolute atomic E-state index is 12.5. The zero-order valence-corrected chi connectivity index (χ0v) is 29.6. The predicted molar refractivity (Wildman–Crippen MR) is 205 cm³/mol. The van der Waals surface area contributed by atoms with E-state index >= 15 is 0 Å². The number of aromatic amines is 1. The molecule has 1 aliphatic rings. The number of oxime groups is 1. The number of hydrogen-bond donors (Lipinski definition) is 3. The van der Waals surface area contributed by atoms with Crippen molar-refractivity contribution in [2.75, 3.05) is 31.6 Å². The van der Waals surface area contributed by atoms with Gasteiger partial charge in [0.05, 0.1) is 29.8 Å². The number of esters is 1. The van der Waals surface area contributed by atoms with Crippen molar-refractivity contribution in [3.8, 4) is 39.7 Å². The van der Waals surface area contributed by atoms with Gasteiger partial charge in [0.1, 0.15) is 11.6 Å². The van der Waals surface area contributed by atoms with Gasteiger partial charge >= 0.3 is 5.97 Å². The molecule has 0 fully saturated rings. The van der Waals surface area contributed by atoms with Crippen LogP contribution in [0.5, 0.6) is 5.75 Å². The Balaban J connectivity index is 1.22. The van der Waals surface area contributed by atoms with Gasteiger partial charge in [-0.15, -0.1) is 0 Å². The van der Waals surface area contributed by atoms with Crippen molar-refractivity contribution in [2.24, 2.45) is 5.16 Å². The Hall–Kier alpha value is -6.16. The van der Waals surface area contributed by atoms with E-state index in [1.165, 1.54) is 12.7 Å². The Bertz CT molecular complexity index is 2050. The maximum atomic E-state index is 12.5. The van der Waals surface area contributed by atoms with Crippen LogP contribution in [0.3, 0.4) is 0 Å². The highest BCUT2D eigenvalue weighted by Crippen LogP contribution is 2.37. The molecule has 1 aliphatic heterocycles. The second kappa shape index (κ2) is 16.7. The van der Waals surface area contributed by atoms with E-state index in [0.717, 1.165) is 59.6 Å². The zero-order chi connectivity index (χ0) is 36.5.